The minimum atomic E-state index is -0.646. The van der Waals surface area contributed by atoms with Crippen molar-refractivity contribution in [2.75, 3.05) is 0 Å². The summed E-state index contributed by atoms with van der Waals surface area (Å²) in [5.41, 5.74) is -0.618. The van der Waals surface area contributed by atoms with Gasteiger partial charge >= 0.3 is 0 Å². The van der Waals surface area contributed by atoms with E-state index in [1.807, 2.05) is 22.1 Å². The van der Waals surface area contributed by atoms with Crippen LogP contribution in [0.25, 0.3) is 0 Å². The summed E-state index contributed by atoms with van der Waals surface area (Å²) in [5, 5.41) is 33.4. The Bertz CT molecular complexity index is 1010. The molecule has 1 aromatic carbocycles. The predicted molar refractivity (Wildman–Crippen MR) is 99.3 cm³/mol. The SMILES string of the molecule is O=[N+]([O-])c1ccc(Sc2nnc(Cc3cccs3)n2C2CC2)c([N+](=O)[O-])c1. The predicted octanol–water partition coefficient (Wildman–Crippen LogP) is 4.23. The minimum absolute atomic E-state index is 0.301. The number of hydrogen-bond donors (Lipinski definition) is 0. The number of nitro benzene ring substituents is 2. The fraction of sp³-hybridized carbons (Fsp3) is 0.250. The molecule has 0 N–H and O–H groups in total. The fourth-order valence-corrected chi connectivity index (χ4v) is 4.42. The molecule has 1 saturated carbocycles. The molecule has 0 aliphatic heterocycles. The first-order valence-corrected chi connectivity index (χ1v) is 9.79. The molecule has 27 heavy (non-hydrogen) atoms. The van der Waals surface area contributed by atoms with E-state index in [1.54, 1.807) is 11.3 Å². The molecule has 0 bridgehead atoms. The summed E-state index contributed by atoms with van der Waals surface area (Å²) in [5.74, 6) is 0.826. The van der Waals surface area contributed by atoms with Gasteiger partial charge in [-0.2, -0.15) is 0 Å². The number of non-ortho nitro benzene ring substituents is 1. The van der Waals surface area contributed by atoms with Gasteiger partial charge in [0.15, 0.2) is 5.16 Å². The van der Waals surface area contributed by atoms with E-state index >= 15 is 0 Å². The molecule has 0 atom stereocenters. The molecule has 0 amide bonds. The smallest absolute Gasteiger partial charge is 0.290 e. The van der Waals surface area contributed by atoms with Crippen LogP contribution in [0.5, 0.6) is 0 Å². The van der Waals surface area contributed by atoms with Crippen LogP contribution in [0.4, 0.5) is 11.4 Å². The van der Waals surface area contributed by atoms with Crippen LogP contribution in [0, 0.1) is 20.2 Å². The number of aromatic nitrogens is 3. The highest BCUT2D eigenvalue weighted by atomic mass is 32.2. The maximum Gasteiger partial charge on any atom is 0.290 e. The molecule has 0 saturated heterocycles. The molecule has 2 heterocycles. The lowest BCUT2D eigenvalue weighted by atomic mass is 10.3. The summed E-state index contributed by atoms with van der Waals surface area (Å²) in [6.07, 6.45) is 2.70. The van der Waals surface area contributed by atoms with Crippen LogP contribution in [-0.2, 0) is 6.42 Å². The number of hydrogen-bond acceptors (Lipinski definition) is 8. The Hall–Kier alpha value is -2.79. The molecule has 4 rings (SSSR count). The number of nitrogens with zero attached hydrogens (tertiary/aromatic N) is 5. The average Bonchev–Trinajstić information content (AvgIpc) is 3.19. The van der Waals surface area contributed by atoms with E-state index in [1.165, 1.54) is 17.0 Å². The first kappa shape index (κ1) is 17.6. The van der Waals surface area contributed by atoms with Crippen LogP contribution < -0.4 is 0 Å². The number of thiophene rings is 1. The van der Waals surface area contributed by atoms with Gasteiger partial charge in [-0.05, 0) is 42.1 Å². The second-order valence-electron chi connectivity index (χ2n) is 6.02. The highest BCUT2D eigenvalue weighted by Crippen LogP contribution is 2.42. The molecular weight excluding hydrogens is 390 g/mol. The van der Waals surface area contributed by atoms with Gasteiger partial charge in [0.1, 0.15) is 5.82 Å². The Morgan fingerprint density at radius 1 is 1.19 bits per heavy atom. The molecule has 138 valence electrons. The van der Waals surface area contributed by atoms with Gasteiger partial charge in [-0.1, -0.05) is 6.07 Å². The molecule has 3 aromatic rings. The Labute approximate surface area is 161 Å². The van der Waals surface area contributed by atoms with Crippen LogP contribution >= 0.6 is 23.1 Å². The Morgan fingerprint density at radius 2 is 2.00 bits per heavy atom. The molecule has 0 unspecified atom stereocenters. The maximum atomic E-state index is 11.4. The van der Waals surface area contributed by atoms with Crippen molar-refractivity contribution in [3.63, 3.8) is 0 Å². The normalized spacial score (nSPS) is 13.6. The molecule has 9 nitrogen and oxygen atoms in total. The highest BCUT2D eigenvalue weighted by molar-refractivity contribution is 7.99. The lowest BCUT2D eigenvalue weighted by molar-refractivity contribution is -0.396. The highest BCUT2D eigenvalue weighted by Gasteiger charge is 2.31. The fourth-order valence-electron chi connectivity index (χ4n) is 2.71. The van der Waals surface area contributed by atoms with E-state index < -0.39 is 9.85 Å². The monoisotopic (exact) mass is 403 g/mol. The third kappa shape index (κ3) is 3.69. The number of rotatable bonds is 7. The summed E-state index contributed by atoms with van der Waals surface area (Å²) in [4.78, 5) is 22.5. The van der Waals surface area contributed by atoms with Crippen LogP contribution in [0.15, 0.2) is 45.8 Å². The Morgan fingerprint density at radius 3 is 2.63 bits per heavy atom. The number of benzene rings is 1. The van der Waals surface area contributed by atoms with Gasteiger partial charge in [0.25, 0.3) is 11.4 Å². The third-order valence-electron chi connectivity index (χ3n) is 4.11. The first-order valence-electron chi connectivity index (χ1n) is 8.10. The van der Waals surface area contributed by atoms with Crippen molar-refractivity contribution in [2.24, 2.45) is 0 Å². The second kappa shape index (κ2) is 7.08. The van der Waals surface area contributed by atoms with E-state index in [-0.39, 0.29) is 11.4 Å². The van der Waals surface area contributed by atoms with Crippen molar-refractivity contribution < 1.29 is 9.85 Å². The maximum absolute atomic E-state index is 11.4. The molecule has 1 aliphatic rings. The molecule has 1 aliphatic carbocycles. The third-order valence-corrected chi connectivity index (χ3v) is 6.01. The van der Waals surface area contributed by atoms with Crippen molar-refractivity contribution >= 4 is 34.5 Å². The summed E-state index contributed by atoms with van der Waals surface area (Å²) < 4.78 is 2.04. The zero-order valence-electron chi connectivity index (χ0n) is 13.8. The lowest BCUT2D eigenvalue weighted by Crippen LogP contribution is -2.03. The van der Waals surface area contributed by atoms with Crippen molar-refractivity contribution in [3.8, 4) is 0 Å². The topological polar surface area (TPSA) is 117 Å². The van der Waals surface area contributed by atoms with Crippen LogP contribution in [-0.4, -0.2) is 24.6 Å². The van der Waals surface area contributed by atoms with Crippen molar-refractivity contribution in [1.29, 1.82) is 0 Å². The Balaban J connectivity index is 1.68. The van der Waals surface area contributed by atoms with Crippen LogP contribution in [0.2, 0.25) is 0 Å². The zero-order chi connectivity index (χ0) is 19.0. The summed E-state index contributed by atoms with van der Waals surface area (Å²) in [6, 6.07) is 7.95. The minimum Gasteiger partial charge on any atom is -0.302 e. The van der Waals surface area contributed by atoms with Gasteiger partial charge < -0.3 is 4.57 Å². The van der Waals surface area contributed by atoms with Crippen molar-refractivity contribution in [3.05, 3.63) is 66.6 Å². The summed E-state index contributed by atoms with van der Waals surface area (Å²) in [7, 11) is 0. The molecule has 2 aromatic heterocycles. The van der Waals surface area contributed by atoms with Gasteiger partial charge in [-0.15, -0.1) is 21.5 Å². The van der Waals surface area contributed by atoms with E-state index in [0.717, 1.165) is 36.5 Å². The summed E-state index contributed by atoms with van der Waals surface area (Å²) in [6.45, 7) is 0. The van der Waals surface area contributed by atoms with Gasteiger partial charge in [0.05, 0.1) is 20.8 Å². The summed E-state index contributed by atoms with van der Waals surface area (Å²) >= 11 is 2.76. The average molecular weight is 403 g/mol. The largest absolute Gasteiger partial charge is 0.302 e. The van der Waals surface area contributed by atoms with E-state index in [2.05, 4.69) is 10.2 Å². The van der Waals surface area contributed by atoms with Gasteiger partial charge in [0.2, 0.25) is 0 Å². The van der Waals surface area contributed by atoms with E-state index in [0.29, 0.717) is 22.5 Å². The molecular formula is C16H13N5O4S2. The molecule has 11 heteroatoms. The van der Waals surface area contributed by atoms with Gasteiger partial charge in [-0.25, -0.2) is 0 Å². The lowest BCUT2D eigenvalue weighted by Gasteiger charge is -2.08. The first-order chi connectivity index (χ1) is 13.0. The van der Waals surface area contributed by atoms with E-state index in [4.69, 9.17) is 0 Å². The Kier molecular flexibility index (Phi) is 4.62. The zero-order valence-corrected chi connectivity index (χ0v) is 15.5. The van der Waals surface area contributed by atoms with Gasteiger partial charge in [0, 0.05) is 23.4 Å². The van der Waals surface area contributed by atoms with Crippen LogP contribution in [0.3, 0.4) is 0 Å². The van der Waals surface area contributed by atoms with Crippen molar-refractivity contribution in [1.82, 2.24) is 14.8 Å². The molecule has 0 spiro atoms. The molecule has 1 fully saturated rings. The van der Waals surface area contributed by atoms with Crippen LogP contribution in [0.1, 0.15) is 29.6 Å². The van der Waals surface area contributed by atoms with Crippen molar-refractivity contribution in [2.45, 2.75) is 35.4 Å². The van der Waals surface area contributed by atoms with Gasteiger partial charge in [-0.3, -0.25) is 20.2 Å². The standard InChI is InChI=1S/C16H13N5O4S2/c22-20(23)11-5-6-14(13(8-11)21(24)25)27-16-18-17-15(19(16)10-3-4-10)9-12-2-1-7-26-12/h1-2,5-8,10H,3-4,9H2. The second-order valence-corrected chi connectivity index (χ2v) is 8.07. The number of nitro groups is 2. The molecule has 0 radical (unpaired) electrons. The van der Waals surface area contributed by atoms with E-state index in [9.17, 15) is 20.2 Å². The quantitative estimate of drug-likeness (QED) is 0.428.